The summed E-state index contributed by atoms with van der Waals surface area (Å²) in [5, 5.41) is 0. The smallest absolute Gasteiger partial charge is 0.230 e. The van der Waals surface area contributed by atoms with Gasteiger partial charge in [-0.25, -0.2) is 0 Å². The van der Waals surface area contributed by atoms with E-state index in [1.807, 2.05) is 4.90 Å². The number of benzene rings is 1. The van der Waals surface area contributed by atoms with E-state index >= 15 is 0 Å². The van der Waals surface area contributed by atoms with Crippen LogP contribution >= 0.6 is 15.9 Å². The van der Waals surface area contributed by atoms with Gasteiger partial charge in [-0.1, -0.05) is 28.9 Å². The summed E-state index contributed by atoms with van der Waals surface area (Å²) in [5.41, 5.74) is 3.65. The zero-order valence-electron chi connectivity index (χ0n) is 13.4. The Morgan fingerprint density at radius 3 is 3.05 bits per heavy atom. The molecule has 2 heterocycles. The molecule has 4 heteroatoms. The maximum atomic E-state index is 13.0. The van der Waals surface area contributed by atoms with Crippen LogP contribution in [0, 0.1) is 12.8 Å². The highest BCUT2D eigenvalue weighted by Crippen LogP contribution is 2.35. The second-order valence-corrected chi connectivity index (χ2v) is 7.30. The Morgan fingerprint density at radius 1 is 1.45 bits per heavy atom. The van der Waals surface area contributed by atoms with E-state index in [4.69, 9.17) is 4.74 Å². The van der Waals surface area contributed by atoms with Crippen LogP contribution in [0.5, 0.6) is 0 Å². The van der Waals surface area contributed by atoms with Gasteiger partial charge in [-0.2, -0.15) is 0 Å². The Bertz CT molecular complexity index is 572. The van der Waals surface area contributed by atoms with Gasteiger partial charge in [0.1, 0.15) is 0 Å². The third kappa shape index (κ3) is 3.09. The van der Waals surface area contributed by atoms with Crippen LogP contribution in [0.1, 0.15) is 43.7 Å². The summed E-state index contributed by atoms with van der Waals surface area (Å²) in [6, 6.07) is 4.34. The second-order valence-electron chi connectivity index (χ2n) is 6.45. The number of carbonyl (C=O) groups excluding carboxylic acids is 1. The molecule has 0 bridgehead atoms. The first-order valence-electron chi connectivity index (χ1n) is 8.32. The molecule has 3 nitrogen and oxygen atoms in total. The average Bonchev–Trinajstić information content (AvgIpc) is 2.55. The molecule has 0 N–H and O–H groups in total. The second kappa shape index (κ2) is 6.71. The number of nitrogens with zero attached hydrogens (tertiary/aromatic N) is 1. The quantitative estimate of drug-likeness (QED) is 0.784. The number of ether oxygens (including phenoxy) is 1. The molecule has 0 unspecified atom stereocenters. The summed E-state index contributed by atoms with van der Waals surface area (Å²) >= 11 is 3.61. The fraction of sp³-hybridized carbons (Fsp3) is 0.611. The minimum Gasteiger partial charge on any atom is -0.378 e. The normalized spacial score (nSPS) is 25.0. The lowest BCUT2D eigenvalue weighted by Crippen LogP contribution is -2.42. The van der Waals surface area contributed by atoms with Crippen molar-refractivity contribution in [3.63, 3.8) is 0 Å². The van der Waals surface area contributed by atoms with Crippen LogP contribution in [0.25, 0.3) is 0 Å². The monoisotopic (exact) mass is 365 g/mol. The first-order valence-corrected chi connectivity index (χ1v) is 9.11. The maximum Gasteiger partial charge on any atom is 0.230 e. The molecule has 1 aromatic rings. The van der Waals surface area contributed by atoms with Crippen LogP contribution in [0.4, 0.5) is 5.69 Å². The molecule has 3 rings (SSSR count). The fourth-order valence-corrected chi connectivity index (χ4v) is 3.90. The van der Waals surface area contributed by atoms with Gasteiger partial charge in [-0.3, -0.25) is 4.79 Å². The summed E-state index contributed by atoms with van der Waals surface area (Å²) in [6.07, 6.45) is 5.09. The number of hydrogen-bond acceptors (Lipinski definition) is 2. The number of halogens is 1. The van der Waals surface area contributed by atoms with E-state index in [9.17, 15) is 4.79 Å². The van der Waals surface area contributed by atoms with Crippen LogP contribution < -0.4 is 4.90 Å². The van der Waals surface area contributed by atoms with Crippen molar-refractivity contribution in [2.45, 2.75) is 52.1 Å². The van der Waals surface area contributed by atoms with Crippen molar-refractivity contribution in [2.24, 2.45) is 5.92 Å². The Kier molecular flexibility index (Phi) is 4.88. The van der Waals surface area contributed by atoms with E-state index in [0.29, 0.717) is 12.5 Å². The molecule has 120 valence electrons. The van der Waals surface area contributed by atoms with Crippen molar-refractivity contribution in [1.29, 1.82) is 0 Å². The van der Waals surface area contributed by atoms with Crippen molar-refractivity contribution in [3.8, 4) is 0 Å². The summed E-state index contributed by atoms with van der Waals surface area (Å²) in [4.78, 5) is 15.0. The molecule has 2 atom stereocenters. The fourth-order valence-electron chi connectivity index (χ4n) is 3.57. The van der Waals surface area contributed by atoms with Crippen LogP contribution in [0.3, 0.4) is 0 Å². The van der Waals surface area contributed by atoms with E-state index < -0.39 is 0 Å². The molecule has 0 aliphatic carbocycles. The zero-order valence-corrected chi connectivity index (χ0v) is 15.0. The summed E-state index contributed by atoms with van der Waals surface area (Å²) < 4.78 is 6.81. The molecular weight excluding hydrogens is 342 g/mol. The maximum absolute atomic E-state index is 13.0. The summed E-state index contributed by atoms with van der Waals surface area (Å²) in [7, 11) is 0. The van der Waals surface area contributed by atoms with Crippen LogP contribution in [-0.4, -0.2) is 25.2 Å². The molecule has 1 amide bonds. The first kappa shape index (κ1) is 16.0. The molecule has 0 aromatic heterocycles. The Hall–Kier alpha value is -0.870. The lowest BCUT2D eigenvalue weighted by atomic mass is 9.91. The van der Waals surface area contributed by atoms with Gasteiger partial charge in [-0.15, -0.1) is 0 Å². The number of anilines is 1. The Morgan fingerprint density at radius 2 is 2.27 bits per heavy atom. The summed E-state index contributed by atoms with van der Waals surface area (Å²) in [5.74, 6) is 0.406. The van der Waals surface area contributed by atoms with Crippen molar-refractivity contribution in [1.82, 2.24) is 0 Å². The van der Waals surface area contributed by atoms with Gasteiger partial charge >= 0.3 is 0 Å². The standard InChI is InChI=1S/C18H24BrNO2/c1-3-15-10-14(6-8-22-15)18(21)20-7-4-5-13-9-12(2)16(19)11-17(13)20/h9,11,14-15H,3-8,10H2,1-2H3/t14-,15-/m1/s1. The highest BCUT2D eigenvalue weighted by Gasteiger charge is 2.32. The van der Waals surface area contributed by atoms with Crippen LogP contribution in [0.15, 0.2) is 16.6 Å². The van der Waals surface area contributed by atoms with Crippen LogP contribution in [-0.2, 0) is 16.0 Å². The lowest BCUT2D eigenvalue weighted by Gasteiger charge is -2.35. The van der Waals surface area contributed by atoms with Gasteiger partial charge in [-0.05, 0) is 56.2 Å². The zero-order chi connectivity index (χ0) is 15.7. The van der Waals surface area contributed by atoms with Gasteiger partial charge in [0.25, 0.3) is 0 Å². The largest absolute Gasteiger partial charge is 0.378 e. The van der Waals surface area contributed by atoms with Crippen molar-refractivity contribution in [2.75, 3.05) is 18.1 Å². The number of carbonyl (C=O) groups is 1. The van der Waals surface area contributed by atoms with Gasteiger partial charge in [0.05, 0.1) is 6.10 Å². The molecule has 1 fully saturated rings. The molecule has 2 aliphatic heterocycles. The van der Waals surface area contributed by atoms with Gasteiger partial charge in [0.2, 0.25) is 5.91 Å². The van der Waals surface area contributed by atoms with Crippen LogP contribution in [0.2, 0.25) is 0 Å². The highest BCUT2D eigenvalue weighted by atomic mass is 79.9. The number of aryl methyl sites for hydroxylation is 2. The lowest BCUT2D eigenvalue weighted by molar-refractivity contribution is -0.127. The molecule has 0 spiro atoms. The Labute approximate surface area is 141 Å². The first-order chi connectivity index (χ1) is 10.6. The molecular formula is C18H24BrNO2. The molecule has 1 saturated heterocycles. The van der Waals surface area contributed by atoms with E-state index in [2.05, 4.69) is 41.9 Å². The third-order valence-electron chi connectivity index (χ3n) is 4.92. The van der Waals surface area contributed by atoms with Crippen molar-refractivity contribution in [3.05, 3.63) is 27.7 Å². The third-order valence-corrected chi connectivity index (χ3v) is 5.77. The topological polar surface area (TPSA) is 29.5 Å². The molecule has 0 radical (unpaired) electrons. The van der Waals surface area contributed by atoms with E-state index in [1.54, 1.807) is 0 Å². The van der Waals surface area contributed by atoms with Crippen molar-refractivity contribution < 1.29 is 9.53 Å². The minimum atomic E-state index is 0.115. The SMILES string of the molecule is CC[C@@H]1C[C@H](C(=O)N2CCCc3cc(C)c(Br)cc32)CCO1. The predicted octanol–water partition coefficient (Wildman–Crippen LogP) is 4.24. The van der Waals surface area contributed by atoms with E-state index in [-0.39, 0.29) is 12.0 Å². The minimum absolute atomic E-state index is 0.115. The van der Waals surface area contributed by atoms with Gasteiger partial charge < -0.3 is 9.64 Å². The number of fused-ring (bicyclic) bond motifs is 1. The number of amides is 1. The molecule has 2 aliphatic rings. The average molecular weight is 366 g/mol. The highest BCUT2D eigenvalue weighted by molar-refractivity contribution is 9.10. The molecule has 1 aromatic carbocycles. The van der Waals surface area contributed by atoms with Gasteiger partial charge in [0, 0.05) is 29.2 Å². The van der Waals surface area contributed by atoms with E-state index in [0.717, 1.165) is 48.8 Å². The number of hydrogen-bond donors (Lipinski definition) is 0. The molecule has 0 saturated carbocycles. The summed E-state index contributed by atoms with van der Waals surface area (Å²) in [6.45, 7) is 5.80. The van der Waals surface area contributed by atoms with E-state index in [1.165, 1.54) is 11.1 Å². The number of rotatable bonds is 2. The molecule has 22 heavy (non-hydrogen) atoms. The predicted molar refractivity (Wildman–Crippen MR) is 92.3 cm³/mol. The van der Waals surface area contributed by atoms with Gasteiger partial charge in [0.15, 0.2) is 0 Å². The van der Waals surface area contributed by atoms with Crippen molar-refractivity contribution >= 4 is 27.5 Å². The Balaban J connectivity index is 1.84.